The molecule has 0 atom stereocenters. The molecule has 0 unspecified atom stereocenters. The van der Waals surface area contributed by atoms with Crippen molar-refractivity contribution in [1.82, 2.24) is 0 Å². The smallest absolute Gasteiger partial charge is 0.270 e. The summed E-state index contributed by atoms with van der Waals surface area (Å²) in [4.78, 5) is 22.9. The van der Waals surface area contributed by atoms with Crippen LogP contribution in [-0.2, 0) is 4.79 Å². The molecular weight excluding hydrogens is 450 g/mol. The van der Waals surface area contributed by atoms with Crippen LogP contribution in [0.1, 0.15) is 16.9 Å². The number of aryl methyl sites for hydroxylation is 2. The third-order valence-corrected chi connectivity index (χ3v) is 4.99. The molecular formula is C22H16BrN3O4. The number of carbonyl (C=O) groups is 1. The van der Waals surface area contributed by atoms with E-state index in [1.807, 2.05) is 32.0 Å². The van der Waals surface area contributed by atoms with Crippen LogP contribution in [-0.4, -0.2) is 10.8 Å². The highest BCUT2D eigenvalue weighted by molar-refractivity contribution is 9.10. The fraction of sp³-hybridized carbons (Fsp3) is 0.0909. The van der Waals surface area contributed by atoms with Crippen molar-refractivity contribution in [3.05, 3.63) is 85.6 Å². The maximum absolute atomic E-state index is 12.5. The Morgan fingerprint density at radius 1 is 1.20 bits per heavy atom. The molecule has 150 valence electrons. The second-order valence-electron chi connectivity index (χ2n) is 6.57. The summed E-state index contributed by atoms with van der Waals surface area (Å²) in [5.74, 6) is 0.205. The number of halogens is 1. The molecule has 3 rings (SSSR count). The van der Waals surface area contributed by atoms with E-state index in [0.717, 1.165) is 11.1 Å². The lowest BCUT2D eigenvalue weighted by Crippen LogP contribution is -2.14. The van der Waals surface area contributed by atoms with Gasteiger partial charge in [-0.1, -0.05) is 17.7 Å². The van der Waals surface area contributed by atoms with Gasteiger partial charge in [0.1, 0.15) is 23.2 Å². The molecule has 7 nitrogen and oxygen atoms in total. The number of nitro groups is 1. The Bertz CT molecular complexity index is 1220. The number of rotatable bonds is 5. The monoisotopic (exact) mass is 465 g/mol. The van der Waals surface area contributed by atoms with E-state index in [9.17, 15) is 20.2 Å². The summed E-state index contributed by atoms with van der Waals surface area (Å²) in [6, 6.07) is 15.1. The Balaban J connectivity index is 1.84. The quantitative estimate of drug-likeness (QED) is 0.222. The highest BCUT2D eigenvalue weighted by Crippen LogP contribution is 2.33. The van der Waals surface area contributed by atoms with Gasteiger partial charge in [0.15, 0.2) is 0 Å². The van der Waals surface area contributed by atoms with Gasteiger partial charge >= 0.3 is 0 Å². The molecule has 2 aromatic carbocycles. The summed E-state index contributed by atoms with van der Waals surface area (Å²) in [7, 11) is 0. The van der Waals surface area contributed by atoms with Gasteiger partial charge in [-0.3, -0.25) is 14.9 Å². The molecule has 1 heterocycles. The number of amides is 1. The number of benzene rings is 2. The average molecular weight is 466 g/mol. The highest BCUT2D eigenvalue weighted by Gasteiger charge is 2.15. The first kappa shape index (κ1) is 21.0. The van der Waals surface area contributed by atoms with E-state index in [1.54, 1.807) is 24.3 Å². The maximum atomic E-state index is 12.5. The van der Waals surface area contributed by atoms with Crippen molar-refractivity contribution in [2.24, 2.45) is 0 Å². The Kier molecular flexibility index (Phi) is 6.14. The Hall–Kier alpha value is -3.70. The molecule has 30 heavy (non-hydrogen) atoms. The van der Waals surface area contributed by atoms with Crippen LogP contribution in [0.15, 0.2) is 63.0 Å². The molecule has 0 aliphatic carbocycles. The molecule has 1 amide bonds. The van der Waals surface area contributed by atoms with Gasteiger partial charge in [-0.05, 0) is 59.6 Å². The lowest BCUT2D eigenvalue weighted by molar-refractivity contribution is -0.384. The lowest BCUT2D eigenvalue weighted by Gasteiger charge is -2.08. The summed E-state index contributed by atoms with van der Waals surface area (Å²) in [6.45, 7) is 3.83. The first-order valence-electron chi connectivity index (χ1n) is 8.83. The third kappa shape index (κ3) is 4.64. The van der Waals surface area contributed by atoms with Crippen LogP contribution in [0.2, 0.25) is 0 Å². The second-order valence-corrected chi connectivity index (χ2v) is 7.42. The Labute approximate surface area is 180 Å². The van der Waals surface area contributed by atoms with Crippen molar-refractivity contribution in [2.45, 2.75) is 13.8 Å². The van der Waals surface area contributed by atoms with Gasteiger partial charge in [0.05, 0.1) is 4.92 Å². The molecule has 0 spiro atoms. The molecule has 0 bridgehead atoms. The number of non-ortho nitro benzene ring substituents is 1. The number of hydrogen-bond donors (Lipinski definition) is 1. The van der Waals surface area contributed by atoms with Crippen molar-refractivity contribution < 1.29 is 14.1 Å². The minimum Gasteiger partial charge on any atom is -0.457 e. The van der Waals surface area contributed by atoms with Gasteiger partial charge in [0.25, 0.3) is 11.6 Å². The number of furan rings is 1. The fourth-order valence-corrected chi connectivity index (χ4v) is 3.39. The number of hydrogen-bond acceptors (Lipinski definition) is 5. The zero-order valence-electron chi connectivity index (χ0n) is 16.1. The third-order valence-electron chi connectivity index (χ3n) is 4.34. The largest absolute Gasteiger partial charge is 0.457 e. The van der Waals surface area contributed by atoms with Crippen molar-refractivity contribution in [1.29, 1.82) is 5.26 Å². The molecule has 0 radical (unpaired) electrons. The van der Waals surface area contributed by atoms with E-state index in [-0.39, 0.29) is 11.3 Å². The SMILES string of the molecule is Cc1ccc(NC(=O)/C(C#N)=C/c2ccc(-c3ccc([N+](=O)[O-])cc3Br)o2)c(C)c1. The van der Waals surface area contributed by atoms with Gasteiger partial charge in [-0.15, -0.1) is 0 Å². The first-order chi connectivity index (χ1) is 14.3. The van der Waals surface area contributed by atoms with Gasteiger partial charge < -0.3 is 9.73 Å². The van der Waals surface area contributed by atoms with E-state index < -0.39 is 10.8 Å². The number of nitriles is 1. The van der Waals surface area contributed by atoms with Crippen LogP contribution < -0.4 is 5.32 Å². The first-order valence-corrected chi connectivity index (χ1v) is 9.62. The summed E-state index contributed by atoms with van der Waals surface area (Å²) in [5, 5.41) is 23.0. The standard InChI is InChI=1S/C22H16BrN3O4/c1-13-3-7-20(14(2)9-13)25-22(27)15(12-24)10-17-5-8-21(30-17)18-6-4-16(26(28)29)11-19(18)23/h3-11H,1-2H3,(H,25,27)/b15-10+. The number of nitrogens with zero attached hydrogens (tertiary/aromatic N) is 2. The van der Waals surface area contributed by atoms with Crippen molar-refractivity contribution >= 4 is 39.3 Å². The molecule has 3 aromatic rings. The number of nitrogens with one attached hydrogen (secondary N) is 1. The van der Waals surface area contributed by atoms with Gasteiger partial charge in [0.2, 0.25) is 0 Å². The van der Waals surface area contributed by atoms with E-state index >= 15 is 0 Å². The molecule has 8 heteroatoms. The Morgan fingerprint density at radius 2 is 1.97 bits per heavy atom. The van der Waals surface area contributed by atoms with Crippen molar-refractivity contribution in [3.8, 4) is 17.4 Å². The van der Waals surface area contributed by atoms with Crippen molar-refractivity contribution in [2.75, 3.05) is 5.32 Å². The van der Waals surface area contributed by atoms with Crippen LogP contribution in [0.3, 0.4) is 0 Å². The normalized spacial score (nSPS) is 11.1. The predicted octanol–water partition coefficient (Wildman–Crippen LogP) is 5.78. The van der Waals surface area contributed by atoms with Gasteiger partial charge in [-0.2, -0.15) is 5.26 Å². The molecule has 1 N–H and O–H groups in total. The van der Waals surface area contributed by atoms with Crippen LogP contribution in [0.25, 0.3) is 17.4 Å². The van der Waals surface area contributed by atoms with Crippen LogP contribution in [0.4, 0.5) is 11.4 Å². The van der Waals surface area contributed by atoms with Crippen LogP contribution >= 0.6 is 15.9 Å². The number of nitro benzene ring substituents is 1. The minimum absolute atomic E-state index is 0.0489. The zero-order valence-corrected chi connectivity index (χ0v) is 17.7. The maximum Gasteiger partial charge on any atom is 0.270 e. The highest BCUT2D eigenvalue weighted by atomic mass is 79.9. The predicted molar refractivity (Wildman–Crippen MR) is 117 cm³/mol. The topological polar surface area (TPSA) is 109 Å². The summed E-state index contributed by atoms with van der Waals surface area (Å²) >= 11 is 3.30. The van der Waals surface area contributed by atoms with Crippen LogP contribution in [0.5, 0.6) is 0 Å². The van der Waals surface area contributed by atoms with Crippen molar-refractivity contribution in [3.63, 3.8) is 0 Å². The summed E-state index contributed by atoms with van der Waals surface area (Å²) in [5.41, 5.74) is 3.04. The number of carbonyl (C=O) groups excluding carboxylic acids is 1. The van der Waals surface area contributed by atoms with Crippen LogP contribution in [0, 0.1) is 35.3 Å². The van der Waals surface area contributed by atoms with Gasteiger partial charge in [-0.25, -0.2) is 0 Å². The molecule has 0 fully saturated rings. The second kappa shape index (κ2) is 8.76. The summed E-state index contributed by atoms with van der Waals surface area (Å²) < 4.78 is 6.21. The zero-order chi connectivity index (χ0) is 21.8. The fourth-order valence-electron chi connectivity index (χ4n) is 2.83. The molecule has 0 saturated carbocycles. The van der Waals surface area contributed by atoms with Gasteiger partial charge in [0, 0.05) is 33.9 Å². The van der Waals surface area contributed by atoms with E-state index in [0.29, 0.717) is 27.2 Å². The number of anilines is 1. The molecule has 0 aliphatic heterocycles. The molecule has 1 aromatic heterocycles. The van der Waals surface area contributed by atoms with E-state index in [4.69, 9.17) is 4.42 Å². The summed E-state index contributed by atoms with van der Waals surface area (Å²) in [6.07, 6.45) is 1.35. The molecule has 0 aliphatic rings. The molecule has 0 saturated heterocycles. The van der Waals surface area contributed by atoms with E-state index in [1.165, 1.54) is 18.2 Å². The average Bonchev–Trinajstić information content (AvgIpc) is 3.16. The minimum atomic E-state index is -0.543. The van der Waals surface area contributed by atoms with E-state index in [2.05, 4.69) is 21.2 Å². The Morgan fingerprint density at radius 3 is 2.60 bits per heavy atom. The lowest BCUT2D eigenvalue weighted by atomic mass is 10.1.